The van der Waals surface area contributed by atoms with E-state index >= 15 is 0 Å². The predicted molar refractivity (Wildman–Crippen MR) is 102 cm³/mol. The Balaban J connectivity index is 1.77. The minimum atomic E-state index is -0.147. The number of nitrogens with zero attached hydrogens (tertiary/aromatic N) is 2. The summed E-state index contributed by atoms with van der Waals surface area (Å²) >= 11 is 1.55. The van der Waals surface area contributed by atoms with Crippen LogP contribution in [0.15, 0.2) is 34.2 Å². The number of benzene rings is 1. The molecule has 0 spiro atoms. The van der Waals surface area contributed by atoms with Gasteiger partial charge in [-0.05, 0) is 37.0 Å². The Bertz CT molecular complexity index is 873. The monoisotopic (exact) mass is 357 g/mol. The topological polar surface area (TPSA) is 64.0 Å². The molecule has 0 fully saturated rings. The van der Waals surface area contributed by atoms with Crippen LogP contribution in [0.3, 0.4) is 0 Å². The van der Waals surface area contributed by atoms with E-state index in [-0.39, 0.29) is 29.8 Å². The third-order valence-corrected chi connectivity index (χ3v) is 5.70. The van der Waals surface area contributed by atoms with Crippen molar-refractivity contribution in [3.63, 3.8) is 0 Å². The minimum Gasteiger partial charge on any atom is -0.326 e. The molecule has 1 aromatic heterocycles. The number of anilines is 1. The predicted octanol–water partition coefficient (Wildman–Crippen LogP) is 3.66. The highest BCUT2D eigenvalue weighted by molar-refractivity contribution is 7.99. The number of fused-ring (bicyclic) bond motifs is 1. The number of carbonyl (C=O) groups excluding carboxylic acids is 1. The molecule has 1 aromatic carbocycles. The third-order valence-electron chi connectivity index (χ3n) is 4.60. The van der Waals surface area contributed by atoms with Crippen molar-refractivity contribution in [2.24, 2.45) is 0 Å². The molecule has 1 aliphatic rings. The lowest BCUT2D eigenvalue weighted by Crippen LogP contribution is -2.28. The van der Waals surface area contributed by atoms with Crippen LogP contribution >= 0.6 is 11.8 Å². The Morgan fingerprint density at radius 2 is 2.16 bits per heavy atom. The summed E-state index contributed by atoms with van der Waals surface area (Å²) in [5.74, 6) is 0.835. The first-order chi connectivity index (χ1) is 11.9. The van der Waals surface area contributed by atoms with Gasteiger partial charge in [0.1, 0.15) is 0 Å². The number of thioether (sulfide) groups is 1. The lowest BCUT2D eigenvalue weighted by Gasteiger charge is -2.15. The van der Waals surface area contributed by atoms with Crippen molar-refractivity contribution >= 4 is 23.4 Å². The summed E-state index contributed by atoms with van der Waals surface area (Å²) in [6.45, 7) is 8.06. The largest absolute Gasteiger partial charge is 0.326 e. The maximum absolute atomic E-state index is 12.5. The lowest BCUT2D eigenvalue weighted by atomic mass is 10.1. The number of amides is 1. The first-order valence-corrected chi connectivity index (χ1v) is 9.47. The van der Waals surface area contributed by atoms with Gasteiger partial charge in [-0.3, -0.25) is 14.2 Å². The van der Waals surface area contributed by atoms with E-state index in [0.717, 1.165) is 27.7 Å². The summed E-state index contributed by atoms with van der Waals surface area (Å²) < 4.78 is 1.67. The van der Waals surface area contributed by atoms with Crippen molar-refractivity contribution in [2.75, 3.05) is 11.1 Å². The van der Waals surface area contributed by atoms with E-state index < -0.39 is 0 Å². The van der Waals surface area contributed by atoms with Crippen LogP contribution in [0.5, 0.6) is 0 Å². The fourth-order valence-corrected chi connectivity index (χ4v) is 4.07. The quantitative estimate of drug-likeness (QED) is 0.848. The lowest BCUT2D eigenvalue weighted by molar-refractivity contribution is -0.116. The summed E-state index contributed by atoms with van der Waals surface area (Å²) in [5, 5.41) is 3.70. The van der Waals surface area contributed by atoms with Crippen LogP contribution in [0.2, 0.25) is 0 Å². The first-order valence-electron chi connectivity index (χ1n) is 8.49. The van der Waals surface area contributed by atoms with E-state index in [2.05, 4.69) is 10.3 Å². The smallest absolute Gasteiger partial charge is 0.254 e. The van der Waals surface area contributed by atoms with Gasteiger partial charge in [-0.15, -0.1) is 0 Å². The van der Waals surface area contributed by atoms with Crippen molar-refractivity contribution < 1.29 is 4.79 Å². The van der Waals surface area contributed by atoms with Gasteiger partial charge in [-0.1, -0.05) is 37.7 Å². The van der Waals surface area contributed by atoms with E-state index in [1.165, 1.54) is 0 Å². The van der Waals surface area contributed by atoms with E-state index in [9.17, 15) is 9.59 Å². The number of hydrogen-bond donors (Lipinski definition) is 1. The molecule has 3 rings (SSSR count). The molecule has 132 valence electrons. The number of nitrogens with one attached hydrogen (secondary N) is 1. The van der Waals surface area contributed by atoms with E-state index in [1.807, 2.05) is 45.9 Å². The summed E-state index contributed by atoms with van der Waals surface area (Å²) in [6, 6.07) is 7.30. The fourth-order valence-electron chi connectivity index (χ4n) is 2.92. The highest BCUT2D eigenvalue weighted by atomic mass is 32.2. The maximum atomic E-state index is 12.5. The molecule has 0 radical (unpaired) electrons. The van der Waals surface area contributed by atoms with Crippen molar-refractivity contribution in [3.8, 4) is 0 Å². The molecular formula is C19H23N3O2S. The molecule has 1 atom stereocenters. The molecule has 1 amide bonds. The zero-order valence-corrected chi connectivity index (χ0v) is 15.8. The Morgan fingerprint density at radius 3 is 2.88 bits per heavy atom. The summed E-state index contributed by atoms with van der Waals surface area (Å²) in [7, 11) is 0. The Hall–Kier alpha value is -2.08. The molecule has 0 aliphatic carbocycles. The number of aromatic nitrogens is 2. The zero-order chi connectivity index (χ0) is 18.1. The fraction of sp³-hybridized carbons (Fsp3) is 0.421. The number of rotatable bonds is 4. The van der Waals surface area contributed by atoms with Crippen LogP contribution in [0, 0.1) is 13.8 Å². The molecule has 6 heteroatoms. The molecule has 2 heterocycles. The molecule has 1 unspecified atom stereocenters. The van der Waals surface area contributed by atoms with Crippen LogP contribution in [0.4, 0.5) is 5.69 Å². The van der Waals surface area contributed by atoms with Gasteiger partial charge in [0.05, 0.1) is 11.7 Å². The molecule has 25 heavy (non-hydrogen) atoms. The van der Waals surface area contributed by atoms with Gasteiger partial charge in [0.25, 0.3) is 5.56 Å². The maximum Gasteiger partial charge on any atom is 0.254 e. The Labute approximate surface area is 151 Å². The van der Waals surface area contributed by atoms with Gasteiger partial charge in [-0.2, -0.15) is 0 Å². The van der Waals surface area contributed by atoms with Gasteiger partial charge in [0.2, 0.25) is 5.91 Å². The second kappa shape index (κ2) is 7.04. The zero-order valence-electron chi connectivity index (χ0n) is 15.0. The van der Waals surface area contributed by atoms with Crippen molar-refractivity contribution in [2.45, 2.75) is 51.2 Å². The highest BCUT2D eigenvalue weighted by Gasteiger charge is 2.28. The molecule has 1 N–H and O–H groups in total. The molecule has 0 saturated heterocycles. The number of aryl methyl sites for hydroxylation is 1. The summed E-state index contributed by atoms with van der Waals surface area (Å²) in [5.41, 5.74) is 3.78. The molecular weight excluding hydrogens is 334 g/mol. The van der Waals surface area contributed by atoms with Crippen LogP contribution in [-0.2, 0) is 4.79 Å². The minimum absolute atomic E-state index is 0.0664. The van der Waals surface area contributed by atoms with Crippen molar-refractivity contribution in [1.82, 2.24) is 9.55 Å². The number of hydrogen-bond acceptors (Lipinski definition) is 4. The Morgan fingerprint density at radius 1 is 1.40 bits per heavy atom. The van der Waals surface area contributed by atoms with Gasteiger partial charge in [-0.25, -0.2) is 4.98 Å². The highest BCUT2D eigenvalue weighted by Crippen LogP contribution is 2.33. The second-order valence-electron chi connectivity index (χ2n) is 6.79. The van der Waals surface area contributed by atoms with Crippen LogP contribution in [-0.4, -0.2) is 21.2 Å². The first kappa shape index (κ1) is 17.7. The van der Waals surface area contributed by atoms with Gasteiger partial charge >= 0.3 is 0 Å². The standard InChI is InChI=1S/C19H23N3O2S/c1-11(2)16-9-18(24)22-14(10-25-19(22)21-16)8-17(23)20-15-7-5-6-12(3)13(15)4/h5-7,9,11,14H,8,10H2,1-4H3,(H,20,23). The third kappa shape index (κ3) is 3.63. The summed E-state index contributed by atoms with van der Waals surface area (Å²) in [4.78, 5) is 29.5. The van der Waals surface area contributed by atoms with E-state index in [0.29, 0.717) is 5.75 Å². The van der Waals surface area contributed by atoms with Crippen molar-refractivity contribution in [1.29, 1.82) is 0 Å². The van der Waals surface area contributed by atoms with Crippen LogP contribution in [0.25, 0.3) is 0 Å². The van der Waals surface area contributed by atoms with E-state index in [4.69, 9.17) is 0 Å². The van der Waals surface area contributed by atoms with Crippen LogP contribution in [0.1, 0.15) is 49.0 Å². The van der Waals surface area contributed by atoms with Crippen molar-refractivity contribution in [3.05, 3.63) is 51.4 Å². The SMILES string of the molecule is Cc1cccc(NC(=O)CC2CSc3nc(C(C)C)cc(=O)n32)c1C. The molecule has 0 saturated carbocycles. The van der Waals surface area contributed by atoms with Gasteiger partial charge in [0.15, 0.2) is 5.16 Å². The molecule has 5 nitrogen and oxygen atoms in total. The summed E-state index contributed by atoms with van der Waals surface area (Å²) in [6.07, 6.45) is 0.274. The van der Waals surface area contributed by atoms with Gasteiger partial charge in [0, 0.05) is 23.9 Å². The molecule has 0 bridgehead atoms. The van der Waals surface area contributed by atoms with Crippen LogP contribution < -0.4 is 10.9 Å². The molecule has 2 aromatic rings. The Kier molecular flexibility index (Phi) is 4.99. The van der Waals surface area contributed by atoms with E-state index in [1.54, 1.807) is 22.4 Å². The average molecular weight is 357 g/mol. The van der Waals surface area contributed by atoms with Gasteiger partial charge < -0.3 is 5.32 Å². The molecule has 1 aliphatic heterocycles. The number of carbonyl (C=O) groups is 1. The normalized spacial score (nSPS) is 16.1. The second-order valence-corrected chi connectivity index (χ2v) is 7.78. The average Bonchev–Trinajstić information content (AvgIpc) is 2.95.